The zero-order valence-corrected chi connectivity index (χ0v) is 52.2. The van der Waals surface area contributed by atoms with Gasteiger partial charge in [0.25, 0.3) is 0 Å². The van der Waals surface area contributed by atoms with Crippen molar-refractivity contribution in [2.75, 3.05) is 41.7 Å². The zero-order valence-electron chi connectivity index (χ0n) is 50.6. The fourth-order valence-corrected chi connectivity index (χ4v) is 13.0. The standard InChI is InChI=1S/C72H70O17S2/c1-77-55-33-25-47(26-34-55)41-81-45-59-61(82-42-48-27-35-56(78-2)36-28-48)63(83-43-49-29-37-57(79-3)38-30-49)65(84-44-50-31-39-58(80-4)40-32-50)71(90-59)85-46-60-62(86-67(73)51-17-9-5-10-18-51)64(87-68(74)52-19-11-6-12-20-52)66(88-69(75)53-21-13-7-14-22-53)72(91-60)89-70(76)54-23-15-8-16-24-54/h5-40,59-66,71-72H,41-46H2,1-4H3/t59-,60-,61-,62-,63+,64+,65-,66-,71+,72+/m1/s1. The van der Waals surface area contributed by atoms with E-state index in [1.807, 2.05) is 97.1 Å². The van der Waals surface area contributed by atoms with E-state index < -0.39 is 81.9 Å². The van der Waals surface area contributed by atoms with Gasteiger partial charge >= 0.3 is 23.9 Å². The molecule has 8 aromatic rings. The molecule has 0 bridgehead atoms. The molecule has 19 heteroatoms. The maximum absolute atomic E-state index is 14.6. The van der Waals surface area contributed by atoms with Crippen LogP contribution in [0.2, 0.25) is 0 Å². The van der Waals surface area contributed by atoms with Crippen LogP contribution >= 0.6 is 23.5 Å². The molecule has 0 spiro atoms. The number of hydrogen-bond acceptors (Lipinski definition) is 19. The van der Waals surface area contributed by atoms with Crippen molar-refractivity contribution in [3.05, 3.63) is 263 Å². The number of esters is 4. The van der Waals surface area contributed by atoms with Crippen molar-refractivity contribution < 1.29 is 80.8 Å². The summed E-state index contributed by atoms with van der Waals surface area (Å²) >= 11 is 2.44. The smallest absolute Gasteiger partial charge is 0.339 e. The van der Waals surface area contributed by atoms with Gasteiger partial charge < -0.3 is 61.6 Å². The number of methoxy groups -OCH3 is 4. The summed E-state index contributed by atoms with van der Waals surface area (Å²) in [6.07, 6.45) is -7.21. The molecule has 472 valence electrons. The van der Waals surface area contributed by atoms with Crippen LogP contribution in [0, 0.1) is 0 Å². The zero-order chi connectivity index (χ0) is 63.3. The monoisotopic (exact) mass is 1270 g/mol. The van der Waals surface area contributed by atoms with Gasteiger partial charge in [-0.15, -0.1) is 23.5 Å². The summed E-state index contributed by atoms with van der Waals surface area (Å²) < 4.78 is 83.0. The minimum Gasteiger partial charge on any atom is -0.497 e. The van der Waals surface area contributed by atoms with E-state index >= 15 is 0 Å². The second-order valence-electron chi connectivity index (χ2n) is 21.1. The van der Waals surface area contributed by atoms with E-state index in [2.05, 4.69) is 0 Å². The van der Waals surface area contributed by atoms with E-state index in [1.165, 1.54) is 11.8 Å². The van der Waals surface area contributed by atoms with Crippen LogP contribution in [0.3, 0.4) is 0 Å². The SMILES string of the molecule is COc1ccc(COC[C@H]2S[C@H](OC[C@H]3S[C@H](OC(=O)c4ccccc4)[C@H](OC(=O)c4ccccc4)[C@@H](OC(=O)c4ccccc4)[C@@H]3OC(=O)c3ccccc3)[C@H](OCc3ccc(OC)cc3)[C@@H](OCc3ccc(OC)cc3)[C@@H]2OCc2ccc(OC)cc2)cc1. The van der Waals surface area contributed by atoms with Gasteiger partial charge in [0.2, 0.25) is 0 Å². The largest absolute Gasteiger partial charge is 0.497 e. The van der Waals surface area contributed by atoms with Crippen LogP contribution in [0.4, 0.5) is 0 Å². The predicted octanol–water partition coefficient (Wildman–Crippen LogP) is 12.4. The number of thioether (sulfide) groups is 2. The van der Waals surface area contributed by atoms with Gasteiger partial charge in [0.1, 0.15) is 46.7 Å². The van der Waals surface area contributed by atoms with Crippen molar-refractivity contribution >= 4 is 47.4 Å². The van der Waals surface area contributed by atoms with Gasteiger partial charge in [0.05, 0.1) is 101 Å². The Bertz CT molecular complexity index is 3550. The minimum atomic E-state index is -1.63. The van der Waals surface area contributed by atoms with Gasteiger partial charge in [-0.25, -0.2) is 19.2 Å². The molecule has 2 saturated heterocycles. The first kappa shape index (κ1) is 65.3. The van der Waals surface area contributed by atoms with Gasteiger partial charge in [-0.1, -0.05) is 121 Å². The Morgan fingerprint density at radius 1 is 0.297 bits per heavy atom. The number of carbonyl (C=O) groups is 4. The van der Waals surface area contributed by atoms with Gasteiger partial charge in [0, 0.05) is 0 Å². The molecule has 91 heavy (non-hydrogen) atoms. The molecule has 0 N–H and O–H groups in total. The molecule has 0 radical (unpaired) electrons. The fraction of sp³-hybridized carbons (Fsp3) is 0.278. The maximum Gasteiger partial charge on any atom is 0.339 e. The first-order valence-corrected chi connectivity index (χ1v) is 31.4. The quantitative estimate of drug-likeness (QED) is 0.0332. The van der Waals surface area contributed by atoms with E-state index in [0.717, 1.165) is 34.0 Å². The highest BCUT2D eigenvalue weighted by atomic mass is 32.2. The van der Waals surface area contributed by atoms with Crippen LogP contribution in [-0.4, -0.2) is 124 Å². The Hall–Kier alpha value is -8.66. The van der Waals surface area contributed by atoms with Crippen LogP contribution in [0.15, 0.2) is 218 Å². The number of benzene rings is 8. The summed E-state index contributed by atoms with van der Waals surface area (Å²) in [5.74, 6) is -0.487. The number of rotatable bonds is 28. The minimum absolute atomic E-state index is 0.0836. The second kappa shape index (κ2) is 32.9. The lowest BCUT2D eigenvalue weighted by Crippen LogP contribution is -2.61. The summed E-state index contributed by atoms with van der Waals surface area (Å²) in [5, 5.41) is -1.56. The first-order valence-electron chi connectivity index (χ1n) is 29.5. The highest BCUT2D eigenvalue weighted by Crippen LogP contribution is 2.44. The van der Waals surface area contributed by atoms with E-state index in [1.54, 1.807) is 150 Å². The molecular weight excluding hydrogens is 1200 g/mol. The summed E-state index contributed by atoms with van der Waals surface area (Å²) in [4.78, 5) is 58.0. The third-order valence-corrected chi connectivity index (χ3v) is 17.9. The summed E-state index contributed by atoms with van der Waals surface area (Å²) in [5.41, 5.74) is 1.77. The Kier molecular flexibility index (Phi) is 23.6. The van der Waals surface area contributed by atoms with Crippen molar-refractivity contribution in [1.29, 1.82) is 0 Å². The maximum atomic E-state index is 14.6. The topological polar surface area (TPSA) is 188 Å². The lowest BCUT2D eigenvalue weighted by molar-refractivity contribution is -0.183. The van der Waals surface area contributed by atoms with E-state index in [9.17, 15) is 19.2 Å². The number of ether oxygens (including phenoxy) is 13. The van der Waals surface area contributed by atoms with Crippen LogP contribution in [0.5, 0.6) is 23.0 Å². The van der Waals surface area contributed by atoms with Crippen molar-refractivity contribution in [2.45, 2.75) is 84.4 Å². The van der Waals surface area contributed by atoms with Crippen LogP contribution in [0.1, 0.15) is 63.7 Å². The molecule has 0 aliphatic carbocycles. The lowest BCUT2D eigenvalue weighted by atomic mass is 10.0. The third-order valence-electron chi connectivity index (χ3n) is 15.1. The van der Waals surface area contributed by atoms with Gasteiger partial charge in [-0.3, -0.25) is 0 Å². The highest BCUT2D eigenvalue weighted by Gasteiger charge is 2.55. The van der Waals surface area contributed by atoms with E-state index in [-0.39, 0.29) is 61.9 Å². The molecule has 2 heterocycles. The van der Waals surface area contributed by atoms with Crippen LogP contribution in [0.25, 0.3) is 0 Å². The molecule has 10 atom stereocenters. The molecule has 8 aromatic carbocycles. The van der Waals surface area contributed by atoms with Crippen molar-refractivity contribution in [3.8, 4) is 23.0 Å². The van der Waals surface area contributed by atoms with Crippen LogP contribution < -0.4 is 18.9 Å². The molecular formula is C72H70O17S2. The molecule has 17 nitrogen and oxygen atoms in total. The molecule has 2 aliphatic heterocycles. The third kappa shape index (κ3) is 17.9. The average molecular weight is 1270 g/mol. The molecule has 2 aliphatic rings. The molecule has 0 saturated carbocycles. The summed E-state index contributed by atoms with van der Waals surface area (Å²) in [7, 11) is 6.42. The Labute approximate surface area is 537 Å². The summed E-state index contributed by atoms with van der Waals surface area (Å²) in [6.45, 7) is 0.452. The van der Waals surface area contributed by atoms with Crippen LogP contribution in [-0.2, 0) is 69.1 Å². The average Bonchev–Trinajstić information content (AvgIpc) is 0.898. The Balaban J connectivity index is 1.07. The Morgan fingerprint density at radius 3 is 1.01 bits per heavy atom. The number of carbonyl (C=O) groups excluding carboxylic acids is 4. The van der Waals surface area contributed by atoms with Crippen molar-refractivity contribution in [1.82, 2.24) is 0 Å². The molecule has 2 fully saturated rings. The lowest BCUT2D eigenvalue weighted by Gasteiger charge is -2.47. The molecule has 10 rings (SSSR count). The predicted molar refractivity (Wildman–Crippen MR) is 342 cm³/mol. The molecule has 0 aromatic heterocycles. The fourth-order valence-electron chi connectivity index (χ4n) is 10.2. The Morgan fingerprint density at radius 2 is 0.615 bits per heavy atom. The van der Waals surface area contributed by atoms with Crippen molar-refractivity contribution in [3.63, 3.8) is 0 Å². The van der Waals surface area contributed by atoms with Gasteiger partial charge in [0.15, 0.2) is 23.7 Å². The van der Waals surface area contributed by atoms with Crippen molar-refractivity contribution in [2.24, 2.45) is 0 Å². The van der Waals surface area contributed by atoms with E-state index in [4.69, 9.17) is 61.6 Å². The second-order valence-corrected chi connectivity index (χ2v) is 23.8. The molecule has 0 amide bonds. The first-order chi connectivity index (χ1) is 44.6. The normalized spacial score (nSPS) is 21.1. The number of hydrogen-bond donors (Lipinski definition) is 0. The van der Waals surface area contributed by atoms with E-state index in [0.29, 0.717) is 23.0 Å². The molecule has 0 unspecified atom stereocenters. The highest BCUT2D eigenvalue weighted by molar-refractivity contribution is 8.00. The summed E-state index contributed by atoms with van der Waals surface area (Å²) in [6, 6.07) is 63.3. The van der Waals surface area contributed by atoms with Gasteiger partial charge in [-0.05, 0) is 119 Å². The van der Waals surface area contributed by atoms with Gasteiger partial charge in [-0.2, -0.15) is 0 Å².